The van der Waals surface area contributed by atoms with E-state index in [1.165, 1.54) is 18.4 Å². The third-order valence-electron chi connectivity index (χ3n) is 5.74. The highest BCUT2D eigenvalue weighted by molar-refractivity contribution is 5.74. The number of hydrogen-bond acceptors (Lipinski definition) is 4. The van der Waals surface area contributed by atoms with E-state index < -0.39 is 0 Å². The number of rotatable bonds is 10. The number of allylic oxidation sites excluding steroid dienone is 3. The molecule has 4 heteroatoms. The van der Waals surface area contributed by atoms with Crippen molar-refractivity contribution in [1.82, 2.24) is 0 Å². The summed E-state index contributed by atoms with van der Waals surface area (Å²) in [4.78, 5) is 12.3. The zero-order chi connectivity index (χ0) is 21.4. The summed E-state index contributed by atoms with van der Waals surface area (Å²) < 4.78 is 11.7. The average molecular weight is 400 g/mol. The van der Waals surface area contributed by atoms with Gasteiger partial charge in [-0.1, -0.05) is 43.6 Å². The van der Waals surface area contributed by atoms with Crippen LogP contribution in [-0.4, -0.2) is 19.6 Å². The van der Waals surface area contributed by atoms with Gasteiger partial charge in [-0.15, -0.1) is 0 Å². The van der Waals surface area contributed by atoms with Crippen molar-refractivity contribution in [3.8, 4) is 11.5 Å². The minimum atomic E-state index is -0.301. The lowest BCUT2D eigenvalue weighted by Gasteiger charge is -2.32. The first-order chi connectivity index (χ1) is 13.9. The van der Waals surface area contributed by atoms with Crippen LogP contribution >= 0.6 is 0 Å². The Balaban J connectivity index is 2.55. The van der Waals surface area contributed by atoms with E-state index in [1.54, 1.807) is 7.11 Å². The molecule has 2 atom stereocenters. The van der Waals surface area contributed by atoms with Crippen LogP contribution in [0, 0.1) is 5.92 Å². The van der Waals surface area contributed by atoms with Crippen LogP contribution in [0.1, 0.15) is 76.3 Å². The molecule has 1 unspecified atom stereocenters. The van der Waals surface area contributed by atoms with Crippen LogP contribution in [0.25, 0.3) is 0 Å². The van der Waals surface area contributed by atoms with Crippen molar-refractivity contribution in [2.45, 2.75) is 71.6 Å². The van der Waals surface area contributed by atoms with Gasteiger partial charge in [-0.3, -0.25) is 4.79 Å². The Kier molecular flexibility index (Phi) is 8.97. The zero-order valence-electron chi connectivity index (χ0n) is 18.6. The maximum atomic E-state index is 12.3. The maximum Gasteiger partial charge on any atom is 0.312 e. The van der Waals surface area contributed by atoms with Crippen LogP contribution in [0.15, 0.2) is 35.9 Å². The van der Waals surface area contributed by atoms with Gasteiger partial charge >= 0.3 is 5.97 Å². The van der Waals surface area contributed by atoms with Gasteiger partial charge in [-0.2, -0.15) is 0 Å². The van der Waals surface area contributed by atoms with Crippen molar-refractivity contribution < 1.29 is 14.3 Å². The normalized spacial score (nSPS) is 18.9. The molecule has 0 amide bonds. The Morgan fingerprint density at radius 3 is 2.62 bits per heavy atom. The molecule has 0 saturated carbocycles. The molecule has 0 aromatic heterocycles. The van der Waals surface area contributed by atoms with Gasteiger partial charge in [0.15, 0.2) is 0 Å². The molecule has 0 aliphatic heterocycles. The van der Waals surface area contributed by atoms with E-state index in [1.807, 2.05) is 6.07 Å². The first-order valence-corrected chi connectivity index (χ1v) is 10.8. The van der Waals surface area contributed by atoms with Gasteiger partial charge in [0.1, 0.15) is 11.5 Å². The fraction of sp³-hybridized carbons (Fsp3) is 0.560. The van der Waals surface area contributed by atoms with Gasteiger partial charge in [0, 0.05) is 18.0 Å². The summed E-state index contributed by atoms with van der Waals surface area (Å²) in [6.45, 7) is 10.9. The van der Waals surface area contributed by atoms with Gasteiger partial charge in [0.2, 0.25) is 0 Å². The number of benzene rings is 1. The van der Waals surface area contributed by atoms with Crippen LogP contribution in [0.5, 0.6) is 11.5 Å². The first kappa shape index (κ1) is 23.2. The number of hydrogen-bond donors (Lipinski definition) is 1. The molecule has 0 radical (unpaired) electrons. The summed E-state index contributed by atoms with van der Waals surface area (Å²) in [5.41, 5.74) is 10.1. The monoisotopic (exact) mass is 399 g/mol. The van der Waals surface area contributed by atoms with E-state index in [4.69, 9.17) is 15.2 Å². The second kappa shape index (κ2) is 11.2. The zero-order valence-corrected chi connectivity index (χ0v) is 18.6. The van der Waals surface area contributed by atoms with Crippen molar-refractivity contribution in [2.24, 2.45) is 11.7 Å². The van der Waals surface area contributed by atoms with Crippen LogP contribution in [-0.2, 0) is 11.2 Å². The van der Waals surface area contributed by atoms with E-state index in [0.29, 0.717) is 11.7 Å². The lowest BCUT2D eigenvalue weighted by molar-refractivity contribution is -0.134. The summed E-state index contributed by atoms with van der Waals surface area (Å²) in [7, 11) is 1.69. The Morgan fingerprint density at radius 2 is 2.00 bits per heavy atom. The predicted molar refractivity (Wildman–Crippen MR) is 120 cm³/mol. The molecule has 1 aliphatic carbocycles. The average Bonchev–Trinajstić information content (AvgIpc) is 2.67. The fourth-order valence-electron chi connectivity index (χ4n) is 4.16. The van der Waals surface area contributed by atoms with Gasteiger partial charge in [0.05, 0.1) is 13.5 Å². The number of nitrogens with two attached hydrogens (primary N) is 1. The standard InChI is InChI=1S/C25H37NO3/c1-6-7-8-9-19-15-22(28-5)25(23(16-19)29-24(27)12-13-26)21-14-18(4)10-11-20(21)17(2)3/h14-16,20-21H,2,6-13,26H2,1,3-5H3/t20-,21?/m0/s1. The molecule has 0 spiro atoms. The highest BCUT2D eigenvalue weighted by atomic mass is 16.5. The molecule has 2 N–H and O–H groups in total. The van der Waals surface area contributed by atoms with Crippen LogP contribution in [0.3, 0.4) is 0 Å². The fourth-order valence-corrected chi connectivity index (χ4v) is 4.16. The minimum absolute atomic E-state index is 0.0848. The number of esters is 1. The molecule has 0 heterocycles. The first-order valence-electron chi connectivity index (χ1n) is 10.8. The Bertz CT molecular complexity index is 751. The molecular formula is C25H37NO3. The molecule has 0 bridgehead atoms. The number of carbonyl (C=O) groups is 1. The smallest absolute Gasteiger partial charge is 0.312 e. The molecule has 1 aromatic carbocycles. The van der Waals surface area contributed by atoms with Crippen LogP contribution < -0.4 is 15.2 Å². The quantitative estimate of drug-likeness (QED) is 0.237. The Hall–Kier alpha value is -2.07. The number of carbonyl (C=O) groups excluding carboxylic acids is 1. The van der Waals surface area contributed by atoms with Crippen molar-refractivity contribution in [3.63, 3.8) is 0 Å². The lowest BCUT2D eigenvalue weighted by Crippen LogP contribution is -2.20. The van der Waals surface area contributed by atoms with E-state index >= 15 is 0 Å². The molecule has 1 aromatic rings. The predicted octanol–water partition coefficient (Wildman–Crippen LogP) is 5.70. The number of methoxy groups -OCH3 is 1. The second-order valence-corrected chi connectivity index (χ2v) is 8.21. The minimum Gasteiger partial charge on any atom is -0.496 e. The lowest BCUT2D eigenvalue weighted by atomic mass is 9.73. The van der Waals surface area contributed by atoms with Crippen molar-refractivity contribution >= 4 is 5.97 Å². The maximum absolute atomic E-state index is 12.3. The van der Waals surface area contributed by atoms with Crippen molar-refractivity contribution in [2.75, 3.05) is 13.7 Å². The SMILES string of the molecule is C=C(C)[C@@H]1CCC(C)=CC1c1c(OC)cc(CCCCC)cc1OC(=O)CCN. The molecule has 29 heavy (non-hydrogen) atoms. The Morgan fingerprint density at radius 1 is 1.28 bits per heavy atom. The summed E-state index contributed by atoms with van der Waals surface area (Å²) in [5.74, 6) is 1.48. The molecule has 0 saturated heterocycles. The third kappa shape index (κ3) is 6.20. The Labute approximate surface area is 176 Å². The van der Waals surface area contributed by atoms with Gasteiger partial charge in [-0.25, -0.2) is 0 Å². The largest absolute Gasteiger partial charge is 0.496 e. The molecule has 1 aliphatic rings. The van der Waals surface area contributed by atoms with E-state index in [-0.39, 0.29) is 24.9 Å². The highest BCUT2D eigenvalue weighted by Gasteiger charge is 2.31. The van der Waals surface area contributed by atoms with Crippen LogP contribution in [0.4, 0.5) is 0 Å². The topological polar surface area (TPSA) is 61.5 Å². The van der Waals surface area contributed by atoms with E-state index in [9.17, 15) is 4.79 Å². The summed E-state index contributed by atoms with van der Waals surface area (Å²) in [5, 5.41) is 0. The highest BCUT2D eigenvalue weighted by Crippen LogP contribution is 2.47. The molecule has 0 fully saturated rings. The van der Waals surface area contributed by atoms with Gasteiger partial charge in [0.25, 0.3) is 0 Å². The number of unbranched alkanes of at least 4 members (excludes halogenated alkanes) is 2. The van der Waals surface area contributed by atoms with E-state index in [0.717, 1.165) is 48.1 Å². The second-order valence-electron chi connectivity index (χ2n) is 8.21. The summed E-state index contributed by atoms with van der Waals surface area (Å²) in [6, 6.07) is 4.13. The van der Waals surface area contributed by atoms with Gasteiger partial charge < -0.3 is 15.2 Å². The van der Waals surface area contributed by atoms with Gasteiger partial charge in [-0.05, 0) is 63.1 Å². The van der Waals surface area contributed by atoms with E-state index in [2.05, 4.69) is 39.5 Å². The van der Waals surface area contributed by atoms with Crippen molar-refractivity contribution in [3.05, 3.63) is 47.1 Å². The molecule has 160 valence electrons. The van der Waals surface area contributed by atoms with Crippen LogP contribution in [0.2, 0.25) is 0 Å². The molecular weight excluding hydrogens is 362 g/mol. The molecule has 2 rings (SSSR count). The number of ether oxygens (including phenoxy) is 2. The molecule has 4 nitrogen and oxygen atoms in total. The summed E-state index contributed by atoms with van der Waals surface area (Å²) in [6.07, 6.45) is 8.98. The summed E-state index contributed by atoms with van der Waals surface area (Å²) >= 11 is 0. The van der Waals surface area contributed by atoms with Crippen molar-refractivity contribution in [1.29, 1.82) is 0 Å². The number of aryl methyl sites for hydroxylation is 1. The third-order valence-corrected chi connectivity index (χ3v) is 5.74.